The van der Waals surface area contributed by atoms with Crippen molar-refractivity contribution in [1.82, 2.24) is 9.80 Å². The van der Waals surface area contributed by atoms with Gasteiger partial charge < -0.3 is 14.6 Å². The first-order valence-electron chi connectivity index (χ1n) is 15.3. The monoisotopic (exact) mass is 616 g/mol. The van der Waals surface area contributed by atoms with Gasteiger partial charge in [0.25, 0.3) is 11.8 Å². The molecule has 1 heterocycles. The molecule has 1 N–H and O–H groups in total. The Kier molecular flexibility index (Phi) is 8.91. The van der Waals surface area contributed by atoms with Gasteiger partial charge >= 0.3 is 5.97 Å². The van der Waals surface area contributed by atoms with Crippen LogP contribution in [0.5, 0.6) is 11.5 Å². The Balaban J connectivity index is 1.14. The summed E-state index contributed by atoms with van der Waals surface area (Å²) in [6, 6.07) is 19.2. The number of fused-ring (bicyclic) bond motifs is 2. The minimum atomic E-state index is -0.681. The van der Waals surface area contributed by atoms with Gasteiger partial charge in [0, 0.05) is 24.2 Å². The minimum absolute atomic E-state index is 0.139. The number of hydrogen-bond acceptors (Lipinski definition) is 6. The van der Waals surface area contributed by atoms with E-state index in [4.69, 9.17) is 21.1 Å². The fourth-order valence-corrected chi connectivity index (χ4v) is 7.22. The fourth-order valence-electron chi connectivity index (χ4n) is 7.02. The molecule has 0 radical (unpaired) electrons. The van der Waals surface area contributed by atoms with Crippen LogP contribution in [0.25, 0.3) is 0 Å². The zero-order valence-corrected chi connectivity index (χ0v) is 25.6. The second-order valence-corrected chi connectivity index (χ2v) is 12.5. The van der Waals surface area contributed by atoms with Gasteiger partial charge in [0.05, 0.1) is 30.7 Å². The zero-order chi connectivity index (χ0) is 30.8. The number of carbonyl (C=O) groups excluding carboxylic acids is 2. The number of nitrogens with zero attached hydrogens (tertiary/aromatic N) is 2. The molecule has 0 aromatic heterocycles. The number of aliphatic carboxylic acids is 1. The van der Waals surface area contributed by atoms with E-state index < -0.39 is 5.97 Å². The predicted octanol–water partition coefficient (Wildman–Crippen LogP) is 6.40. The van der Waals surface area contributed by atoms with Crippen molar-refractivity contribution in [3.05, 3.63) is 93.5 Å². The maximum absolute atomic E-state index is 12.7. The average Bonchev–Trinajstić information content (AvgIpc) is 3.55. The number of ether oxygens (including phenoxy) is 2. The Morgan fingerprint density at radius 1 is 0.955 bits per heavy atom. The Morgan fingerprint density at radius 2 is 1.68 bits per heavy atom. The van der Waals surface area contributed by atoms with Crippen molar-refractivity contribution >= 4 is 29.4 Å². The molecule has 0 unspecified atom stereocenters. The number of carboxylic acids is 1. The van der Waals surface area contributed by atoms with Gasteiger partial charge in [0.15, 0.2) is 11.5 Å². The molecule has 6 rings (SSSR count). The molecule has 3 aliphatic rings. The molecule has 3 aromatic rings. The van der Waals surface area contributed by atoms with E-state index in [-0.39, 0.29) is 36.9 Å². The molecule has 3 aromatic carbocycles. The van der Waals surface area contributed by atoms with Crippen molar-refractivity contribution in [1.29, 1.82) is 0 Å². The third kappa shape index (κ3) is 6.19. The first-order chi connectivity index (χ1) is 21.3. The number of carbonyl (C=O) groups is 3. The summed E-state index contributed by atoms with van der Waals surface area (Å²) in [7, 11) is 1.60. The number of carboxylic acid groups (broad SMARTS) is 1. The van der Waals surface area contributed by atoms with Crippen LogP contribution in [-0.4, -0.2) is 59.5 Å². The van der Waals surface area contributed by atoms with Gasteiger partial charge in [-0.25, -0.2) is 0 Å². The van der Waals surface area contributed by atoms with Crippen molar-refractivity contribution in [2.24, 2.45) is 11.8 Å². The molecule has 1 aliphatic heterocycles. The number of benzene rings is 3. The van der Waals surface area contributed by atoms with Crippen LogP contribution >= 0.6 is 11.6 Å². The summed E-state index contributed by atoms with van der Waals surface area (Å²) >= 11 is 6.31. The van der Waals surface area contributed by atoms with E-state index in [9.17, 15) is 19.5 Å². The Hall–Kier alpha value is -3.88. The lowest BCUT2D eigenvalue weighted by Crippen LogP contribution is -2.34. The third-order valence-electron chi connectivity index (χ3n) is 9.34. The van der Waals surface area contributed by atoms with Crippen LogP contribution < -0.4 is 9.47 Å². The maximum Gasteiger partial charge on any atom is 0.306 e. The van der Waals surface area contributed by atoms with E-state index in [0.29, 0.717) is 35.1 Å². The van der Waals surface area contributed by atoms with Crippen molar-refractivity contribution in [2.45, 2.75) is 51.1 Å². The van der Waals surface area contributed by atoms with Crippen LogP contribution in [0.4, 0.5) is 0 Å². The van der Waals surface area contributed by atoms with Gasteiger partial charge in [-0.3, -0.25) is 24.2 Å². The molecular formula is C35H37ClN2O6. The zero-order valence-electron chi connectivity index (χ0n) is 24.8. The van der Waals surface area contributed by atoms with Gasteiger partial charge in [-0.05, 0) is 97.5 Å². The van der Waals surface area contributed by atoms with Crippen LogP contribution in [0.1, 0.15) is 75.6 Å². The molecule has 2 amide bonds. The largest absolute Gasteiger partial charge is 0.493 e. The number of rotatable bonds is 11. The quantitative estimate of drug-likeness (QED) is 0.249. The van der Waals surface area contributed by atoms with Crippen LogP contribution in [0.3, 0.4) is 0 Å². The number of methoxy groups -OCH3 is 1. The maximum atomic E-state index is 12.7. The summed E-state index contributed by atoms with van der Waals surface area (Å²) in [4.78, 5) is 40.7. The second-order valence-electron chi connectivity index (χ2n) is 12.0. The Bertz CT molecular complexity index is 1530. The van der Waals surface area contributed by atoms with Crippen LogP contribution in [0.2, 0.25) is 5.02 Å². The van der Waals surface area contributed by atoms with Gasteiger partial charge in [0.1, 0.15) is 6.61 Å². The van der Waals surface area contributed by atoms with E-state index in [1.807, 2.05) is 24.3 Å². The average molecular weight is 617 g/mol. The number of imide groups is 1. The molecule has 9 heteroatoms. The predicted molar refractivity (Wildman–Crippen MR) is 166 cm³/mol. The summed E-state index contributed by atoms with van der Waals surface area (Å²) in [6.45, 7) is 1.88. The molecule has 230 valence electrons. The highest BCUT2D eigenvalue weighted by atomic mass is 35.5. The third-order valence-corrected chi connectivity index (χ3v) is 9.58. The molecule has 1 saturated carbocycles. The smallest absolute Gasteiger partial charge is 0.306 e. The van der Waals surface area contributed by atoms with Crippen molar-refractivity contribution in [3.63, 3.8) is 0 Å². The second kappa shape index (κ2) is 13.0. The van der Waals surface area contributed by atoms with Crippen molar-refractivity contribution in [3.8, 4) is 11.5 Å². The summed E-state index contributed by atoms with van der Waals surface area (Å²) in [5.74, 6) is 0.0572. The van der Waals surface area contributed by atoms with Crippen molar-refractivity contribution < 1.29 is 29.0 Å². The summed E-state index contributed by atoms with van der Waals surface area (Å²) in [6.07, 6.45) is 5.27. The first-order valence-corrected chi connectivity index (χ1v) is 15.7. The van der Waals surface area contributed by atoms with Gasteiger partial charge in [0.2, 0.25) is 0 Å². The molecule has 2 aliphatic carbocycles. The van der Waals surface area contributed by atoms with Gasteiger partial charge in [-0.15, -0.1) is 0 Å². The number of halogens is 1. The molecular weight excluding hydrogens is 580 g/mol. The normalized spacial score (nSPS) is 21.0. The van der Waals surface area contributed by atoms with Crippen molar-refractivity contribution in [2.75, 3.05) is 26.8 Å². The summed E-state index contributed by atoms with van der Waals surface area (Å²) in [5.41, 5.74) is 4.53. The lowest BCUT2D eigenvalue weighted by molar-refractivity contribution is -0.143. The Labute approximate surface area is 262 Å². The molecule has 8 nitrogen and oxygen atoms in total. The van der Waals surface area contributed by atoms with E-state index >= 15 is 0 Å². The molecule has 1 fully saturated rings. The van der Waals surface area contributed by atoms with E-state index in [1.165, 1.54) is 16.0 Å². The molecule has 0 saturated heterocycles. The topological polar surface area (TPSA) is 96.4 Å². The molecule has 1 atom stereocenters. The number of aryl methyl sites for hydroxylation is 1. The highest BCUT2D eigenvalue weighted by molar-refractivity contribution is 6.30. The summed E-state index contributed by atoms with van der Waals surface area (Å²) < 4.78 is 11.7. The van der Waals surface area contributed by atoms with Crippen LogP contribution in [0.15, 0.2) is 60.7 Å². The lowest BCUT2D eigenvalue weighted by atomic mass is 9.81. The number of amides is 2. The molecule has 0 spiro atoms. The Morgan fingerprint density at radius 3 is 2.36 bits per heavy atom. The highest BCUT2D eigenvalue weighted by Gasteiger charge is 2.35. The fraction of sp³-hybridized carbons (Fsp3) is 0.400. The number of hydrogen-bond donors (Lipinski definition) is 1. The van der Waals surface area contributed by atoms with Crippen LogP contribution in [-0.2, 0) is 17.8 Å². The minimum Gasteiger partial charge on any atom is -0.493 e. The molecule has 44 heavy (non-hydrogen) atoms. The standard InChI is InChI=1S/C35H37ClN2O6/c1-43-32-18-23(8-15-31(32)44-17-16-38-33(39)28-4-2-3-5-29(28)34(38)40)21-37(20-22-6-9-24(10-7-22)35(41)42)30-14-11-25-19-26(36)12-13-27(25)30/h2-5,8,12-13,15,18-19,22,24,30H,6-7,9-11,14,16-17,20-21H2,1H3,(H,41,42)/t22?,24?,30-/m0/s1. The lowest BCUT2D eigenvalue weighted by Gasteiger charge is -2.35. The van der Waals surface area contributed by atoms with E-state index in [2.05, 4.69) is 17.0 Å². The van der Waals surface area contributed by atoms with Gasteiger partial charge in [-0.1, -0.05) is 35.9 Å². The van der Waals surface area contributed by atoms with Crippen LogP contribution in [0, 0.1) is 11.8 Å². The van der Waals surface area contributed by atoms with E-state index in [1.54, 1.807) is 31.4 Å². The molecule has 0 bridgehead atoms. The SMILES string of the molecule is COc1cc(CN(CC2CCC(C(=O)O)CC2)[C@H]2CCc3cc(Cl)ccc32)ccc1OCCN1C(=O)c2ccccc2C1=O. The highest BCUT2D eigenvalue weighted by Crippen LogP contribution is 2.40. The van der Waals surface area contributed by atoms with E-state index in [0.717, 1.165) is 55.7 Å². The first kappa shape index (κ1) is 30.2. The van der Waals surface area contributed by atoms with Gasteiger partial charge in [-0.2, -0.15) is 0 Å². The summed E-state index contributed by atoms with van der Waals surface area (Å²) in [5, 5.41) is 10.2.